The molecule has 1 heterocycles. The number of carboxylic acid groups (broad SMARTS) is 1. The highest BCUT2D eigenvalue weighted by molar-refractivity contribution is 6.02. The van der Waals surface area contributed by atoms with Crippen molar-refractivity contribution < 1.29 is 19.5 Å². The third kappa shape index (κ3) is 2.09. The van der Waals surface area contributed by atoms with Crippen LogP contribution < -0.4 is 4.90 Å². The van der Waals surface area contributed by atoms with Gasteiger partial charge in [-0.2, -0.15) is 0 Å². The number of ketones is 1. The molecule has 1 unspecified atom stereocenters. The SMILES string of the molecule is O=C1CCCc2ccc(N3CC(C(=O)O)CC3=O)cc21. The summed E-state index contributed by atoms with van der Waals surface area (Å²) in [5.41, 5.74) is 2.33. The van der Waals surface area contributed by atoms with E-state index in [0.717, 1.165) is 18.4 Å². The van der Waals surface area contributed by atoms with E-state index in [-0.39, 0.29) is 24.7 Å². The minimum atomic E-state index is -0.949. The Bertz CT molecular complexity index is 608. The standard InChI is InChI=1S/C15H15NO4/c17-13-3-1-2-9-4-5-11(7-12(9)13)16-8-10(15(19)20)6-14(16)18/h4-5,7,10H,1-3,6,8H2,(H,19,20). The molecule has 1 atom stereocenters. The number of amides is 1. The summed E-state index contributed by atoms with van der Waals surface area (Å²) in [6, 6.07) is 5.42. The van der Waals surface area contributed by atoms with Gasteiger partial charge in [0.25, 0.3) is 0 Å². The minimum Gasteiger partial charge on any atom is -0.481 e. The molecule has 1 aliphatic carbocycles. The molecule has 1 aromatic rings. The number of rotatable bonds is 2. The van der Waals surface area contributed by atoms with Crippen molar-refractivity contribution in [3.8, 4) is 0 Å². The molecule has 1 aliphatic heterocycles. The van der Waals surface area contributed by atoms with Crippen molar-refractivity contribution in [1.29, 1.82) is 0 Å². The van der Waals surface area contributed by atoms with Gasteiger partial charge in [-0.25, -0.2) is 0 Å². The summed E-state index contributed by atoms with van der Waals surface area (Å²) in [5, 5.41) is 9.00. The highest BCUT2D eigenvalue weighted by Gasteiger charge is 2.35. The van der Waals surface area contributed by atoms with Crippen LogP contribution in [0.5, 0.6) is 0 Å². The first-order chi connectivity index (χ1) is 9.56. The number of fused-ring (bicyclic) bond motifs is 1. The average molecular weight is 273 g/mol. The maximum Gasteiger partial charge on any atom is 0.308 e. The van der Waals surface area contributed by atoms with Crippen LogP contribution in [0, 0.1) is 5.92 Å². The van der Waals surface area contributed by atoms with Crippen LogP contribution in [0.15, 0.2) is 18.2 Å². The molecule has 1 aromatic carbocycles. The molecule has 1 fully saturated rings. The number of Topliss-reactive ketones (excluding diaryl/α,β-unsaturated/α-hetero) is 1. The monoisotopic (exact) mass is 273 g/mol. The lowest BCUT2D eigenvalue weighted by Gasteiger charge is -2.20. The van der Waals surface area contributed by atoms with E-state index in [2.05, 4.69) is 0 Å². The van der Waals surface area contributed by atoms with Crippen molar-refractivity contribution in [3.63, 3.8) is 0 Å². The molecule has 20 heavy (non-hydrogen) atoms. The van der Waals surface area contributed by atoms with Gasteiger partial charge in [0, 0.05) is 30.6 Å². The highest BCUT2D eigenvalue weighted by atomic mass is 16.4. The zero-order chi connectivity index (χ0) is 14.3. The van der Waals surface area contributed by atoms with Crippen LogP contribution in [-0.2, 0) is 16.0 Å². The molecule has 5 heteroatoms. The van der Waals surface area contributed by atoms with E-state index in [1.54, 1.807) is 12.1 Å². The molecule has 1 amide bonds. The van der Waals surface area contributed by atoms with Gasteiger partial charge in [0.2, 0.25) is 5.91 Å². The Kier molecular flexibility index (Phi) is 3.04. The quantitative estimate of drug-likeness (QED) is 0.889. The Hall–Kier alpha value is -2.17. The van der Waals surface area contributed by atoms with Crippen LogP contribution in [0.1, 0.15) is 35.2 Å². The number of carbonyl (C=O) groups is 3. The lowest BCUT2D eigenvalue weighted by Crippen LogP contribution is -2.26. The van der Waals surface area contributed by atoms with Gasteiger partial charge in [-0.3, -0.25) is 14.4 Å². The number of aryl methyl sites for hydroxylation is 1. The van der Waals surface area contributed by atoms with Crippen LogP contribution in [0.3, 0.4) is 0 Å². The van der Waals surface area contributed by atoms with Gasteiger partial charge >= 0.3 is 5.97 Å². The molecule has 0 bridgehead atoms. The second kappa shape index (κ2) is 4.74. The first-order valence-corrected chi connectivity index (χ1v) is 6.75. The smallest absolute Gasteiger partial charge is 0.308 e. The van der Waals surface area contributed by atoms with E-state index in [0.29, 0.717) is 17.7 Å². The fourth-order valence-corrected chi connectivity index (χ4v) is 2.91. The summed E-state index contributed by atoms with van der Waals surface area (Å²) in [6.07, 6.45) is 2.32. The number of aliphatic carboxylic acids is 1. The molecule has 2 aliphatic rings. The predicted molar refractivity (Wildman–Crippen MR) is 71.8 cm³/mol. The molecule has 1 saturated heterocycles. The summed E-state index contributed by atoms with van der Waals surface area (Å²) in [5.74, 6) is -1.70. The fourth-order valence-electron chi connectivity index (χ4n) is 2.91. The molecule has 0 radical (unpaired) electrons. The number of hydrogen-bond acceptors (Lipinski definition) is 3. The van der Waals surface area contributed by atoms with E-state index < -0.39 is 11.9 Å². The summed E-state index contributed by atoms with van der Waals surface area (Å²) >= 11 is 0. The topological polar surface area (TPSA) is 74.7 Å². The number of anilines is 1. The zero-order valence-electron chi connectivity index (χ0n) is 11.0. The second-order valence-corrected chi connectivity index (χ2v) is 5.36. The Morgan fingerprint density at radius 1 is 1.25 bits per heavy atom. The largest absolute Gasteiger partial charge is 0.481 e. The van der Waals surface area contributed by atoms with Crippen molar-refractivity contribution in [1.82, 2.24) is 0 Å². The highest BCUT2D eigenvalue weighted by Crippen LogP contribution is 2.30. The van der Waals surface area contributed by atoms with Crippen molar-refractivity contribution >= 4 is 23.3 Å². The van der Waals surface area contributed by atoms with Gasteiger partial charge in [0.05, 0.1) is 5.92 Å². The Labute approximate surface area is 116 Å². The van der Waals surface area contributed by atoms with Gasteiger partial charge in [0.1, 0.15) is 0 Å². The summed E-state index contributed by atoms with van der Waals surface area (Å²) in [4.78, 5) is 36.3. The molecule has 0 saturated carbocycles. The van der Waals surface area contributed by atoms with Gasteiger partial charge in [-0.1, -0.05) is 6.07 Å². The lowest BCUT2D eigenvalue weighted by atomic mass is 9.90. The van der Waals surface area contributed by atoms with E-state index in [1.165, 1.54) is 4.90 Å². The van der Waals surface area contributed by atoms with E-state index in [1.807, 2.05) is 6.07 Å². The molecule has 1 N–H and O–H groups in total. The Morgan fingerprint density at radius 2 is 2.05 bits per heavy atom. The van der Waals surface area contributed by atoms with E-state index >= 15 is 0 Å². The molecule has 104 valence electrons. The van der Waals surface area contributed by atoms with Crippen molar-refractivity contribution in [2.24, 2.45) is 5.92 Å². The first-order valence-electron chi connectivity index (χ1n) is 6.75. The summed E-state index contributed by atoms with van der Waals surface area (Å²) in [6.45, 7) is 0.182. The first kappa shape index (κ1) is 12.8. The number of carboxylic acids is 1. The Balaban J connectivity index is 1.92. The second-order valence-electron chi connectivity index (χ2n) is 5.36. The van der Waals surface area contributed by atoms with Crippen molar-refractivity contribution in [2.45, 2.75) is 25.7 Å². The van der Waals surface area contributed by atoms with Crippen molar-refractivity contribution in [3.05, 3.63) is 29.3 Å². The van der Waals surface area contributed by atoms with Gasteiger partial charge in [-0.05, 0) is 30.5 Å². The fraction of sp³-hybridized carbons (Fsp3) is 0.400. The molecular weight excluding hydrogens is 258 g/mol. The summed E-state index contributed by atoms with van der Waals surface area (Å²) in [7, 11) is 0. The third-order valence-corrected chi connectivity index (χ3v) is 4.03. The van der Waals surface area contributed by atoms with Crippen LogP contribution in [0.4, 0.5) is 5.69 Å². The molecular formula is C15H15NO4. The summed E-state index contributed by atoms with van der Waals surface area (Å²) < 4.78 is 0. The molecule has 0 aromatic heterocycles. The number of nitrogens with zero attached hydrogens (tertiary/aromatic N) is 1. The molecule has 0 spiro atoms. The number of benzene rings is 1. The van der Waals surface area contributed by atoms with Crippen LogP contribution in [0.25, 0.3) is 0 Å². The molecule has 5 nitrogen and oxygen atoms in total. The number of hydrogen-bond donors (Lipinski definition) is 1. The van der Waals surface area contributed by atoms with Gasteiger partial charge < -0.3 is 10.0 Å². The Morgan fingerprint density at radius 3 is 2.75 bits per heavy atom. The van der Waals surface area contributed by atoms with Crippen LogP contribution in [-0.4, -0.2) is 29.3 Å². The zero-order valence-corrected chi connectivity index (χ0v) is 11.0. The minimum absolute atomic E-state index is 0.0281. The number of carbonyl (C=O) groups excluding carboxylic acids is 2. The van der Waals surface area contributed by atoms with Gasteiger partial charge in [0.15, 0.2) is 5.78 Å². The molecule has 3 rings (SSSR count). The van der Waals surface area contributed by atoms with Gasteiger partial charge in [-0.15, -0.1) is 0 Å². The maximum atomic E-state index is 11.9. The maximum absolute atomic E-state index is 11.9. The third-order valence-electron chi connectivity index (χ3n) is 4.03. The average Bonchev–Trinajstić information content (AvgIpc) is 2.81. The van der Waals surface area contributed by atoms with E-state index in [9.17, 15) is 14.4 Å². The van der Waals surface area contributed by atoms with Crippen molar-refractivity contribution in [2.75, 3.05) is 11.4 Å². The van der Waals surface area contributed by atoms with Crippen LogP contribution in [0.2, 0.25) is 0 Å². The lowest BCUT2D eigenvalue weighted by molar-refractivity contribution is -0.141. The van der Waals surface area contributed by atoms with E-state index in [4.69, 9.17) is 5.11 Å². The normalized spacial score (nSPS) is 22.0. The van der Waals surface area contributed by atoms with Crippen LogP contribution >= 0.6 is 0 Å². The predicted octanol–water partition coefficient (Wildman–Crippen LogP) is 1.64.